The number of carbonyl (C=O) groups is 1. The monoisotopic (exact) mass is 253 g/mol. The molecular weight excluding hydrogens is 238 g/mol. The average Bonchev–Trinajstić information content (AvgIpc) is 2.94. The lowest BCUT2D eigenvalue weighted by atomic mass is 10.0. The first-order valence-electron chi connectivity index (χ1n) is 6.33. The molecule has 1 N–H and O–H groups in total. The van der Waals surface area contributed by atoms with Crippen LogP contribution >= 0.6 is 0 Å². The zero-order chi connectivity index (χ0) is 13.2. The fourth-order valence-corrected chi connectivity index (χ4v) is 2.40. The summed E-state index contributed by atoms with van der Waals surface area (Å²) in [6.45, 7) is 1.01. The van der Waals surface area contributed by atoms with E-state index < -0.39 is 0 Å². The standard InChI is InChI=1S/C16H15NO2/c1-19-16(18)12-4-2-11(3-5-12)13-6-7-15-14(10-13)8-9-17-15/h2-7,10,17H,8-9H2,1H3. The molecule has 1 heterocycles. The van der Waals surface area contributed by atoms with Gasteiger partial charge in [-0.15, -0.1) is 0 Å². The molecule has 0 spiro atoms. The molecule has 0 aliphatic carbocycles. The summed E-state index contributed by atoms with van der Waals surface area (Å²) in [5, 5.41) is 3.35. The van der Waals surface area contributed by atoms with E-state index in [0.29, 0.717) is 5.56 Å². The summed E-state index contributed by atoms with van der Waals surface area (Å²) in [4.78, 5) is 11.4. The molecule has 0 unspecified atom stereocenters. The van der Waals surface area contributed by atoms with Crippen LogP contribution in [0.5, 0.6) is 0 Å². The van der Waals surface area contributed by atoms with Gasteiger partial charge in [-0.05, 0) is 47.4 Å². The topological polar surface area (TPSA) is 38.3 Å². The van der Waals surface area contributed by atoms with Crippen molar-refractivity contribution in [3.8, 4) is 11.1 Å². The second-order valence-corrected chi connectivity index (χ2v) is 4.62. The van der Waals surface area contributed by atoms with Gasteiger partial charge in [-0.2, -0.15) is 0 Å². The van der Waals surface area contributed by atoms with Crippen LogP contribution in [0.1, 0.15) is 15.9 Å². The highest BCUT2D eigenvalue weighted by Crippen LogP contribution is 2.28. The van der Waals surface area contributed by atoms with Crippen LogP contribution < -0.4 is 5.32 Å². The first-order chi connectivity index (χ1) is 9.28. The first kappa shape index (κ1) is 11.8. The van der Waals surface area contributed by atoms with E-state index in [4.69, 9.17) is 4.74 Å². The lowest BCUT2D eigenvalue weighted by Crippen LogP contribution is -2.00. The number of methoxy groups -OCH3 is 1. The molecule has 1 aliphatic rings. The van der Waals surface area contributed by atoms with Gasteiger partial charge in [0, 0.05) is 12.2 Å². The van der Waals surface area contributed by atoms with Crippen LogP contribution in [0.4, 0.5) is 5.69 Å². The van der Waals surface area contributed by atoms with Crippen molar-refractivity contribution in [2.75, 3.05) is 19.0 Å². The van der Waals surface area contributed by atoms with Crippen molar-refractivity contribution in [3.63, 3.8) is 0 Å². The molecule has 0 radical (unpaired) electrons. The number of carbonyl (C=O) groups excluding carboxylic acids is 1. The van der Waals surface area contributed by atoms with Gasteiger partial charge in [0.05, 0.1) is 12.7 Å². The maximum atomic E-state index is 11.4. The van der Waals surface area contributed by atoms with Gasteiger partial charge >= 0.3 is 5.97 Å². The molecule has 0 bridgehead atoms. The van der Waals surface area contributed by atoms with Crippen molar-refractivity contribution in [2.45, 2.75) is 6.42 Å². The Morgan fingerprint density at radius 1 is 1.11 bits per heavy atom. The van der Waals surface area contributed by atoms with E-state index in [2.05, 4.69) is 23.5 Å². The number of hydrogen-bond acceptors (Lipinski definition) is 3. The predicted molar refractivity (Wildman–Crippen MR) is 75.4 cm³/mol. The van der Waals surface area contributed by atoms with Crippen molar-refractivity contribution >= 4 is 11.7 Å². The molecule has 0 fully saturated rings. The fourth-order valence-electron chi connectivity index (χ4n) is 2.40. The molecule has 19 heavy (non-hydrogen) atoms. The Labute approximate surface area is 112 Å². The second kappa shape index (κ2) is 4.76. The van der Waals surface area contributed by atoms with Crippen molar-refractivity contribution in [1.29, 1.82) is 0 Å². The molecule has 3 heteroatoms. The van der Waals surface area contributed by atoms with E-state index in [1.54, 1.807) is 12.1 Å². The van der Waals surface area contributed by atoms with Crippen LogP contribution in [0.2, 0.25) is 0 Å². The molecule has 0 atom stereocenters. The van der Waals surface area contributed by atoms with E-state index >= 15 is 0 Å². The van der Waals surface area contributed by atoms with E-state index in [0.717, 1.165) is 18.5 Å². The normalized spacial score (nSPS) is 12.7. The molecule has 0 saturated carbocycles. The third-order valence-corrected chi connectivity index (χ3v) is 3.45. The summed E-state index contributed by atoms with van der Waals surface area (Å²) in [7, 11) is 1.39. The van der Waals surface area contributed by atoms with Crippen molar-refractivity contribution in [1.82, 2.24) is 0 Å². The summed E-state index contributed by atoms with van der Waals surface area (Å²) in [6.07, 6.45) is 1.07. The minimum Gasteiger partial charge on any atom is -0.465 e. The summed E-state index contributed by atoms with van der Waals surface area (Å²) in [6, 6.07) is 13.9. The number of anilines is 1. The second-order valence-electron chi connectivity index (χ2n) is 4.62. The van der Waals surface area contributed by atoms with Crippen molar-refractivity contribution in [2.24, 2.45) is 0 Å². The first-order valence-corrected chi connectivity index (χ1v) is 6.33. The maximum absolute atomic E-state index is 11.4. The smallest absolute Gasteiger partial charge is 0.337 e. The lowest BCUT2D eigenvalue weighted by Gasteiger charge is -2.06. The third kappa shape index (κ3) is 2.19. The molecule has 2 aromatic rings. The number of hydrogen-bond donors (Lipinski definition) is 1. The number of esters is 1. The zero-order valence-electron chi connectivity index (χ0n) is 10.8. The quantitative estimate of drug-likeness (QED) is 0.836. The molecular formula is C16H15NO2. The molecule has 2 aromatic carbocycles. The van der Waals surface area contributed by atoms with Gasteiger partial charge in [-0.1, -0.05) is 18.2 Å². The highest BCUT2D eigenvalue weighted by atomic mass is 16.5. The van der Waals surface area contributed by atoms with Crippen LogP contribution in [-0.4, -0.2) is 19.6 Å². The molecule has 3 nitrogen and oxygen atoms in total. The van der Waals surface area contributed by atoms with E-state index in [1.807, 2.05) is 12.1 Å². The van der Waals surface area contributed by atoms with E-state index in [-0.39, 0.29) is 5.97 Å². The van der Waals surface area contributed by atoms with E-state index in [9.17, 15) is 4.79 Å². The molecule has 3 rings (SSSR count). The largest absolute Gasteiger partial charge is 0.465 e. The number of rotatable bonds is 2. The number of benzene rings is 2. The highest BCUT2D eigenvalue weighted by molar-refractivity contribution is 5.90. The van der Waals surface area contributed by atoms with Crippen molar-refractivity contribution < 1.29 is 9.53 Å². The van der Waals surface area contributed by atoms with Gasteiger partial charge in [0.1, 0.15) is 0 Å². The summed E-state index contributed by atoms with van der Waals surface area (Å²) < 4.78 is 4.70. The Morgan fingerprint density at radius 2 is 1.84 bits per heavy atom. The predicted octanol–water partition coefficient (Wildman–Crippen LogP) is 3.11. The summed E-state index contributed by atoms with van der Waals surface area (Å²) in [5.41, 5.74) is 5.46. The zero-order valence-corrected chi connectivity index (χ0v) is 10.8. The Hall–Kier alpha value is -2.29. The summed E-state index contributed by atoms with van der Waals surface area (Å²) >= 11 is 0. The van der Waals surface area contributed by atoms with E-state index in [1.165, 1.54) is 23.9 Å². The molecule has 96 valence electrons. The lowest BCUT2D eigenvalue weighted by molar-refractivity contribution is 0.0601. The van der Waals surface area contributed by atoms with Gasteiger partial charge in [0.2, 0.25) is 0 Å². The van der Waals surface area contributed by atoms with Crippen LogP contribution in [0.3, 0.4) is 0 Å². The minimum absolute atomic E-state index is 0.301. The van der Waals surface area contributed by atoms with Crippen molar-refractivity contribution in [3.05, 3.63) is 53.6 Å². The number of ether oxygens (including phenoxy) is 1. The van der Waals surface area contributed by atoms with Gasteiger partial charge in [-0.25, -0.2) is 4.79 Å². The molecule has 1 aliphatic heterocycles. The average molecular weight is 253 g/mol. The van der Waals surface area contributed by atoms with Gasteiger partial charge < -0.3 is 10.1 Å². The summed E-state index contributed by atoms with van der Waals surface area (Å²) in [5.74, 6) is -0.301. The molecule has 0 amide bonds. The van der Waals surface area contributed by atoms with Crippen LogP contribution in [0.15, 0.2) is 42.5 Å². The van der Waals surface area contributed by atoms with Gasteiger partial charge in [0.15, 0.2) is 0 Å². The Kier molecular flexibility index (Phi) is 2.95. The highest BCUT2D eigenvalue weighted by Gasteiger charge is 2.11. The minimum atomic E-state index is -0.301. The Morgan fingerprint density at radius 3 is 2.58 bits per heavy atom. The van der Waals surface area contributed by atoms with Gasteiger partial charge in [0.25, 0.3) is 0 Å². The fraction of sp³-hybridized carbons (Fsp3) is 0.188. The molecule has 0 aromatic heterocycles. The van der Waals surface area contributed by atoms with Crippen LogP contribution in [-0.2, 0) is 11.2 Å². The van der Waals surface area contributed by atoms with Crippen LogP contribution in [0, 0.1) is 0 Å². The number of fused-ring (bicyclic) bond motifs is 1. The number of nitrogens with one attached hydrogen (secondary N) is 1. The molecule has 0 saturated heterocycles. The van der Waals surface area contributed by atoms with Crippen LogP contribution in [0.25, 0.3) is 11.1 Å². The Bertz CT molecular complexity index is 617. The van der Waals surface area contributed by atoms with Gasteiger partial charge in [-0.3, -0.25) is 0 Å². The third-order valence-electron chi connectivity index (χ3n) is 3.45. The SMILES string of the molecule is COC(=O)c1ccc(-c2ccc3c(c2)CCN3)cc1. The Balaban J connectivity index is 1.92. The maximum Gasteiger partial charge on any atom is 0.337 e.